The van der Waals surface area contributed by atoms with E-state index >= 15 is 0 Å². The molecule has 1 heterocycles. The molecule has 1 aromatic carbocycles. The van der Waals surface area contributed by atoms with E-state index in [1.54, 1.807) is 13.2 Å². The Morgan fingerprint density at radius 1 is 1.50 bits per heavy atom. The van der Waals surface area contributed by atoms with E-state index in [0.717, 1.165) is 0 Å². The Balaban J connectivity index is 2.43. The number of carboxylic acid groups (broad SMARTS) is 1. The number of hydrogen-bond acceptors (Lipinski definition) is 3. The number of carboxylic acids is 1. The molecule has 2 rings (SSSR count). The van der Waals surface area contributed by atoms with Gasteiger partial charge in [-0.25, -0.2) is 9.59 Å². The average Bonchev–Trinajstić information content (AvgIpc) is 2.65. The van der Waals surface area contributed by atoms with Crippen molar-refractivity contribution in [3.05, 3.63) is 34.2 Å². The van der Waals surface area contributed by atoms with Crippen molar-refractivity contribution in [2.24, 2.45) is 0 Å². The van der Waals surface area contributed by atoms with Crippen LogP contribution in [0, 0.1) is 0 Å². The van der Waals surface area contributed by atoms with E-state index < -0.39 is 5.97 Å². The molecule has 0 aliphatic heterocycles. The fourth-order valence-corrected chi connectivity index (χ4v) is 1.87. The first kappa shape index (κ1) is 12.4. The molecule has 0 radical (unpaired) electrons. The van der Waals surface area contributed by atoms with Crippen molar-refractivity contribution in [1.29, 1.82) is 0 Å². The van der Waals surface area contributed by atoms with Crippen LogP contribution in [0.15, 0.2) is 23.0 Å². The number of aromatic carboxylic acids is 1. The lowest BCUT2D eigenvalue weighted by Gasteiger charge is -2.03. The number of aromatic amines is 1. The second kappa shape index (κ2) is 5.05. The SMILES string of the molecule is COCCCn1c(=O)[nH]c2ccc(C(=O)O)cc21. The summed E-state index contributed by atoms with van der Waals surface area (Å²) in [6, 6.07) is 4.58. The second-order valence-corrected chi connectivity index (χ2v) is 3.97. The van der Waals surface area contributed by atoms with Crippen LogP contribution in [-0.4, -0.2) is 34.3 Å². The number of nitrogens with zero attached hydrogens (tertiary/aromatic N) is 1. The molecule has 0 saturated carbocycles. The van der Waals surface area contributed by atoms with Crippen LogP contribution in [0.3, 0.4) is 0 Å². The number of rotatable bonds is 5. The molecule has 0 amide bonds. The van der Waals surface area contributed by atoms with Gasteiger partial charge in [-0.15, -0.1) is 0 Å². The Bertz CT molecular complexity index is 627. The third-order valence-corrected chi connectivity index (χ3v) is 2.75. The van der Waals surface area contributed by atoms with Crippen molar-refractivity contribution in [2.75, 3.05) is 13.7 Å². The second-order valence-electron chi connectivity index (χ2n) is 3.97. The van der Waals surface area contributed by atoms with Crippen molar-refractivity contribution >= 4 is 17.0 Å². The van der Waals surface area contributed by atoms with Crippen LogP contribution >= 0.6 is 0 Å². The number of ether oxygens (including phenoxy) is 1. The number of methoxy groups -OCH3 is 1. The van der Waals surface area contributed by atoms with Crippen LogP contribution in [-0.2, 0) is 11.3 Å². The first-order valence-electron chi connectivity index (χ1n) is 5.58. The Labute approximate surface area is 103 Å². The minimum atomic E-state index is -1.01. The molecule has 0 atom stereocenters. The van der Waals surface area contributed by atoms with Crippen molar-refractivity contribution in [2.45, 2.75) is 13.0 Å². The molecule has 0 bridgehead atoms. The normalized spacial score (nSPS) is 10.9. The Morgan fingerprint density at radius 3 is 2.94 bits per heavy atom. The fraction of sp³-hybridized carbons (Fsp3) is 0.333. The summed E-state index contributed by atoms with van der Waals surface area (Å²) in [4.78, 5) is 25.3. The molecule has 96 valence electrons. The van der Waals surface area contributed by atoms with Crippen molar-refractivity contribution in [1.82, 2.24) is 9.55 Å². The Morgan fingerprint density at radius 2 is 2.28 bits per heavy atom. The van der Waals surface area contributed by atoms with E-state index in [9.17, 15) is 9.59 Å². The standard InChI is InChI=1S/C12H14N2O4/c1-18-6-2-5-14-10-7-8(11(15)16)3-4-9(10)13-12(14)17/h3-4,7H,2,5-6H2,1H3,(H,13,17)(H,15,16). The first-order chi connectivity index (χ1) is 8.63. The van der Waals surface area contributed by atoms with Crippen molar-refractivity contribution < 1.29 is 14.6 Å². The maximum absolute atomic E-state index is 11.7. The summed E-state index contributed by atoms with van der Waals surface area (Å²) < 4.78 is 6.46. The number of nitrogens with one attached hydrogen (secondary N) is 1. The highest BCUT2D eigenvalue weighted by atomic mass is 16.5. The van der Waals surface area contributed by atoms with E-state index in [-0.39, 0.29) is 11.3 Å². The van der Waals surface area contributed by atoms with Gasteiger partial charge in [0.1, 0.15) is 0 Å². The maximum Gasteiger partial charge on any atom is 0.335 e. The summed E-state index contributed by atoms with van der Waals surface area (Å²) in [5.74, 6) is -1.01. The van der Waals surface area contributed by atoms with Gasteiger partial charge in [0.25, 0.3) is 0 Å². The van der Waals surface area contributed by atoms with Crippen LogP contribution in [0.1, 0.15) is 16.8 Å². The molecule has 18 heavy (non-hydrogen) atoms. The van der Waals surface area contributed by atoms with Crippen LogP contribution < -0.4 is 5.69 Å². The van der Waals surface area contributed by atoms with Crippen molar-refractivity contribution in [3.63, 3.8) is 0 Å². The number of hydrogen-bond donors (Lipinski definition) is 2. The Kier molecular flexibility index (Phi) is 3.47. The van der Waals surface area contributed by atoms with Gasteiger partial charge in [0.15, 0.2) is 0 Å². The van der Waals surface area contributed by atoms with Crippen LogP contribution in [0.5, 0.6) is 0 Å². The van der Waals surface area contributed by atoms with Crippen LogP contribution in [0.25, 0.3) is 11.0 Å². The van der Waals surface area contributed by atoms with E-state index in [0.29, 0.717) is 30.6 Å². The molecular formula is C12H14N2O4. The summed E-state index contributed by atoms with van der Waals surface area (Å²) in [6.45, 7) is 1.05. The number of aromatic nitrogens is 2. The highest BCUT2D eigenvalue weighted by Gasteiger charge is 2.10. The van der Waals surface area contributed by atoms with Gasteiger partial charge >= 0.3 is 11.7 Å². The molecule has 0 aliphatic carbocycles. The predicted octanol–water partition coefficient (Wildman–Crippen LogP) is 1.06. The van der Waals surface area contributed by atoms with Gasteiger partial charge in [-0.05, 0) is 24.6 Å². The van der Waals surface area contributed by atoms with Gasteiger partial charge in [-0.3, -0.25) is 4.57 Å². The predicted molar refractivity (Wildman–Crippen MR) is 66.0 cm³/mol. The largest absolute Gasteiger partial charge is 0.478 e. The summed E-state index contributed by atoms with van der Waals surface area (Å²) in [5.41, 5.74) is 1.18. The number of aryl methyl sites for hydroxylation is 1. The smallest absolute Gasteiger partial charge is 0.335 e. The third-order valence-electron chi connectivity index (χ3n) is 2.75. The molecule has 0 saturated heterocycles. The lowest BCUT2D eigenvalue weighted by atomic mass is 10.2. The first-order valence-corrected chi connectivity index (χ1v) is 5.58. The number of benzene rings is 1. The zero-order valence-electron chi connectivity index (χ0n) is 9.97. The molecule has 6 nitrogen and oxygen atoms in total. The number of carbonyl (C=O) groups is 1. The van der Waals surface area contributed by atoms with E-state index in [4.69, 9.17) is 9.84 Å². The minimum Gasteiger partial charge on any atom is -0.478 e. The molecule has 2 N–H and O–H groups in total. The highest BCUT2D eigenvalue weighted by Crippen LogP contribution is 2.13. The Hall–Kier alpha value is -2.08. The summed E-state index contributed by atoms with van der Waals surface area (Å²) in [7, 11) is 1.60. The molecular weight excluding hydrogens is 236 g/mol. The monoisotopic (exact) mass is 250 g/mol. The number of fused-ring (bicyclic) bond motifs is 1. The van der Waals surface area contributed by atoms with E-state index in [2.05, 4.69) is 4.98 Å². The zero-order chi connectivity index (χ0) is 13.1. The van der Waals surface area contributed by atoms with Gasteiger partial charge in [0, 0.05) is 20.3 Å². The molecule has 0 unspecified atom stereocenters. The topological polar surface area (TPSA) is 84.3 Å². The van der Waals surface area contributed by atoms with Gasteiger partial charge in [0.2, 0.25) is 0 Å². The zero-order valence-corrected chi connectivity index (χ0v) is 9.97. The third kappa shape index (κ3) is 2.28. The van der Waals surface area contributed by atoms with Crippen molar-refractivity contribution in [3.8, 4) is 0 Å². The highest BCUT2D eigenvalue weighted by molar-refractivity contribution is 5.92. The molecule has 6 heteroatoms. The summed E-state index contributed by atoms with van der Waals surface area (Å²) in [6.07, 6.45) is 0.695. The summed E-state index contributed by atoms with van der Waals surface area (Å²) in [5, 5.41) is 8.94. The molecule has 0 spiro atoms. The average molecular weight is 250 g/mol. The van der Waals surface area contributed by atoms with E-state index in [1.807, 2.05) is 0 Å². The lowest BCUT2D eigenvalue weighted by Crippen LogP contribution is -2.17. The van der Waals surface area contributed by atoms with Gasteiger partial charge in [-0.1, -0.05) is 0 Å². The molecule has 1 aromatic heterocycles. The molecule has 2 aromatic rings. The van der Waals surface area contributed by atoms with Crippen LogP contribution in [0.2, 0.25) is 0 Å². The minimum absolute atomic E-state index is 0.169. The van der Waals surface area contributed by atoms with Crippen LogP contribution in [0.4, 0.5) is 0 Å². The van der Waals surface area contributed by atoms with E-state index in [1.165, 1.54) is 16.7 Å². The van der Waals surface area contributed by atoms with Gasteiger partial charge in [-0.2, -0.15) is 0 Å². The molecule has 0 aliphatic rings. The van der Waals surface area contributed by atoms with Gasteiger partial charge < -0.3 is 14.8 Å². The maximum atomic E-state index is 11.7. The number of imidazole rings is 1. The quantitative estimate of drug-likeness (QED) is 0.777. The summed E-state index contributed by atoms with van der Waals surface area (Å²) >= 11 is 0. The fourth-order valence-electron chi connectivity index (χ4n) is 1.87. The van der Waals surface area contributed by atoms with Gasteiger partial charge in [0.05, 0.1) is 16.6 Å². The molecule has 0 fully saturated rings. The number of H-pyrrole nitrogens is 1. The lowest BCUT2D eigenvalue weighted by molar-refractivity contribution is 0.0697.